The minimum absolute atomic E-state index is 0.0617. The summed E-state index contributed by atoms with van der Waals surface area (Å²) >= 11 is 8.94. The molecule has 0 bridgehead atoms. The summed E-state index contributed by atoms with van der Waals surface area (Å²) in [5, 5.41) is 13.9. The molecule has 8 heteroatoms. The van der Waals surface area contributed by atoms with Crippen molar-refractivity contribution in [1.82, 2.24) is 0 Å². The molecule has 3 aromatic carbocycles. The third-order valence-electron chi connectivity index (χ3n) is 3.98. The maximum absolute atomic E-state index is 12.1. The van der Waals surface area contributed by atoms with E-state index in [2.05, 4.69) is 5.32 Å². The summed E-state index contributed by atoms with van der Waals surface area (Å²) in [6, 6.07) is 20.6. The Balaban J connectivity index is 1.52. The van der Waals surface area contributed by atoms with Crippen LogP contribution in [0.15, 0.2) is 70.5 Å². The summed E-state index contributed by atoms with van der Waals surface area (Å²) in [5.74, 6) is -0.596. The number of rotatable bonds is 8. The number of amides is 1. The lowest BCUT2D eigenvalue weighted by Gasteiger charge is -2.10. The Morgan fingerprint density at radius 2 is 1.73 bits per heavy atom. The first kappa shape index (κ1) is 22.0. The summed E-state index contributed by atoms with van der Waals surface area (Å²) in [5.41, 5.74) is 0.582. The first-order valence-corrected chi connectivity index (χ1v) is 11.3. The van der Waals surface area contributed by atoms with Gasteiger partial charge < -0.3 is 10.1 Å². The van der Waals surface area contributed by atoms with Crippen molar-refractivity contribution >= 4 is 63.5 Å². The fourth-order valence-corrected chi connectivity index (χ4v) is 4.61. The van der Waals surface area contributed by atoms with Crippen LogP contribution in [0.4, 0.5) is 5.69 Å². The second-order valence-electron chi connectivity index (χ2n) is 6.03. The molecule has 30 heavy (non-hydrogen) atoms. The summed E-state index contributed by atoms with van der Waals surface area (Å²) < 4.78 is 5.10. The quantitative estimate of drug-likeness (QED) is 0.362. The lowest BCUT2D eigenvalue weighted by Crippen LogP contribution is -2.21. The highest BCUT2D eigenvalue weighted by Crippen LogP contribution is 2.33. The molecule has 0 saturated heterocycles. The molecule has 0 atom stereocenters. The second-order valence-corrected chi connectivity index (χ2v) is 8.48. The maximum Gasteiger partial charge on any atom is 0.316 e. The van der Waals surface area contributed by atoms with Gasteiger partial charge in [-0.1, -0.05) is 48.0 Å². The first-order valence-electron chi connectivity index (χ1n) is 8.93. The number of para-hydroxylation sites is 1. The van der Waals surface area contributed by atoms with E-state index in [0.29, 0.717) is 10.7 Å². The number of benzene rings is 3. The summed E-state index contributed by atoms with van der Waals surface area (Å²) in [7, 11) is 0. The largest absolute Gasteiger partial charge is 0.455 e. The topological polar surface area (TPSA) is 79.2 Å². The minimum Gasteiger partial charge on any atom is -0.455 e. The van der Waals surface area contributed by atoms with Crippen LogP contribution in [-0.4, -0.2) is 30.0 Å². The van der Waals surface area contributed by atoms with E-state index >= 15 is 0 Å². The summed E-state index contributed by atoms with van der Waals surface area (Å²) in [4.78, 5) is 25.9. The lowest BCUT2D eigenvalue weighted by molar-refractivity contribution is -0.144. The van der Waals surface area contributed by atoms with Crippen LogP contribution in [0.25, 0.3) is 10.8 Å². The van der Waals surface area contributed by atoms with Gasteiger partial charge in [-0.05, 0) is 29.7 Å². The highest BCUT2D eigenvalue weighted by molar-refractivity contribution is 8.00. The van der Waals surface area contributed by atoms with Crippen molar-refractivity contribution in [2.24, 2.45) is 0 Å². The van der Waals surface area contributed by atoms with E-state index in [4.69, 9.17) is 21.6 Å². The van der Waals surface area contributed by atoms with Crippen LogP contribution in [0.5, 0.6) is 0 Å². The monoisotopic (exact) mass is 456 g/mol. The molecule has 0 heterocycles. The Kier molecular flexibility index (Phi) is 8.03. The SMILES string of the molecule is N#CCSc1ccccc1NC(=O)COC(=O)CSc1cccc2cccc(Cl)c12. The standard InChI is InChI=1S/C22H17ClN2O3S2/c23-16-7-3-5-15-6-4-10-19(22(15)16)30-14-21(27)28-13-20(26)25-17-8-1-2-9-18(17)29-12-11-24/h1-10H,12-14H2,(H,25,26). The molecule has 5 nitrogen and oxygen atoms in total. The van der Waals surface area contributed by atoms with Crippen molar-refractivity contribution < 1.29 is 14.3 Å². The van der Waals surface area contributed by atoms with Crippen LogP contribution in [0.3, 0.4) is 0 Å². The molecular weight excluding hydrogens is 440 g/mol. The Morgan fingerprint density at radius 1 is 1.00 bits per heavy atom. The Morgan fingerprint density at radius 3 is 2.53 bits per heavy atom. The molecule has 0 aliphatic heterocycles. The van der Waals surface area contributed by atoms with Crippen molar-refractivity contribution in [3.8, 4) is 6.07 Å². The normalized spacial score (nSPS) is 10.4. The number of carbonyl (C=O) groups excluding carboxylic acids is 2. The molecule has 0 aliphatic carbocycles. The molecule has 0 radical (unpaired) electrons. The fourth-order valence-electron chi connectivity index (χ4n) is 2.70. The zero-order chi connectivity index (χ0) is 21.3. The van der Waals surface area contributed by atoms with Gasteiger partial charge in [0.05, 0.1) is 23.3 Å². The smallest absolute Gasteiger partial charge is 0.316 e. The molecule has 152 valence electrons. The van der Waals surface area contributed by atoms with Crippen LogP contribution in [0, 0.1) is 11.3 Å². The van der Waals surface area contributed by atoms with Crippen LogP contribution >= 0.6 is 35.1 Å². The molecule has 1 N–H and O–H groups in total. The number of hydrogen-bond acceptors (Lipinski definition) is 6. The van der Waals surface area contributed by atoms with Gasteiger partial charge in [0.2, 0.25) is 0 Å². The van der Waals surface area contributed by atoms with Crippen molar-refractivity contribution in [3.05, 3.63) is 65.7 Å². The number of esters is 1. The van der Waals surface area contributed by atoms with Crippen molar-refractivity contribution in [3.63, 3.8) is 0 Å². The Labute approximate surface area is 187 Å². The number of ether oxygens (including phenoxy) is 1. The zero-order valence-corrected chi connectivity index (χ0v) is 18.2. The Bertz CT molecular complexity index is 1110. The van der Waals surface area contributed by atoms with Crippen molar-refractivity contribution in [1.29, 1.82) is 5.26 Å². The van der Waals surface area contributed by atoms with Gasteiger partial charge >= 0.3 is 5.97 Å². The number of hydrogen-bond donors (Lipinski definition) is 1. The molecular formula is C22H17ClN2O3S2. The number of thioether (sulfide) groups is 2. The average molecular weight is 457 g/mol. The third kappa shape index (κ3) is 5.92. The van der Waals surface area contributed by atoms with Gasteiger partial charge in [0.1, 0.15) is 0 Å². The van der Waals surface area contributed by atoms with E-state index in [9.17, 15) is 9.59 Å². The summed E-state index contributed by atoms with van der Waals surface area (Å²) in [6.45, 7) is -0.382. The van der Waals surface area contributed by atoms with E-state index in [-0.39, 0.29) is 18.1 Å². The van der Waals surface area contributed by atoms with Gasteiger partial charge in [0.25, 0.3) is 5.91 Å². The van der Waals surface area contributed by atoms with E-state index in [1.54, 1.807) is 12.1 Å². The highest BCUT2D eigenvalue weighted by atomic mass is 35.5. The Hall–Kier alpha value is -2.66. The van der Waals surface area contributed by atoms with Crippen molar-refractivity contribution in [2.45, 2.75) is 9.79 Å². The van der Waals surface area contributed by atoms with Gasteiger partial charge in [-0.3, -0.25) is 9.59 Å². The first-order chi connectivity index (χ1) is 14.6. The van der Waals surface area contributed by atoms with Gasteiger partial charge in [-0.25, -0.2) is 0 Å². The van der Waals surface area contributed by atoms with Crippen LogP contribution in [0.1, 0.15) is 0 Å². The number of fused-ring (bicyclic) bond motifs is 1. The number of carbonyl (C=O) groups is 2. The van der Waals surface area contributed by atoms with Gasteiger partial charge in [-0.2, -0.15) is 5.26 Å². The molecule has 3 aromatic rings. The second kappa shape index (κ2) is 10.9. The van der Waals surface area contributed by atoms with E-state index in [1.807, 2.05) is 54.6 Å². The van der Waals surface area contributed by atoms with Crippen LogP contribution in [-0.2, 0) is 14.3 Å². The fraction of sp³-hybridized carbons (Fsp3) is 0.136. The molecule has 0 saturated carbocycles. The van der Waals surface area contributed by atoms with Gasteiger partial charge in [-0.15, -0.1) is 23.5 Å². The number of nitrogens with one attached hydrogen (secondary N) is 1. The molecule has 0 spiro atoms. The lowest BCUT2D eigenvalue weighted by atomic mass is 10.1. The number of anilines is 1. The molecule has 0 aromatic heterocycles. The van der Waals surface area contributed by atoms with E-state index in [0.717, 1.165) is 20.6 Å². The third-order valence-corrected chi connectivity index (χ3v) is 6.27. The number of nitriles is 1. The molecule has 0 fully saturated rings. The predicted octanol–water partition coefficient (Wildman–Crippen LogP) is 5.38. The van der Waals surface area contributed by atoms with Gasteiger partial charge in [0.15, 0.2) is 6.61 Å². The maximum atomic E-state index is 12.1. The van der Waals surface area contributed by atoms with Gasteiger partial charge in [0, 0.05) is 20.2 Å². The van der Waals surface area contributed by atoms with E-state index < -0.39 is 11.9 Å². The van der Waals surface area contributed by atoms with Crippen LogP contribution in [0.2, 0.25) is 5.02 Å². The average Bonchev–Trinajstić information content (AvgIpc) is 2.75. The van der Waals surface area contributed by atoms with Crippen LogP contribution < -0.4 is 5.32 Å². The molecule has 0 aliphatic rings. The number of halogens is 1. The zero-order valence-electron chi connectivity index (χ0n) is 15.8. The molecule has 0 unspecified atom stereocenters. The van der Waals surface area contributed by atoms with Crippen molar-refractivity contribution in [2.75, 3.05) is 23.4 Å². The molecule has 1 amide bonds. The predicted molar refractivity (Wildman–Crippen MR) is 122 cm³/mol. The summed E-state index contributed by atoms with van der Waals surface area (Å²) in [6.07, 6.45) is 0. The van der Waals surface area contributed by atoms with E-state index in [1.165, 1.54) is 23.5 Å². The molecule has 3 rings (SSSR count). The highest BCUT2D eigenvalue weighted by Gasteiger charge is 2.12. The minimum atomic E-state index is -0.494. The number of nitrogens with zero attached hydrogens (tertiary/aromatic N) is 1.